The Labute approximate surface area is 141 Å². The van der Waals surface area contributed by atoms with Crippen molar-refractivity contribution in [3.8, 4) is 11.1 Å². The number of anilines is 1. The van der Waals surface area contributed by atoms with Gasteiger partial charge in [-0.2, -0.15) is 0 Å². The number of likely N-dealkylation sites (tertiary alicyclic amines) is 1. The van der Waals surface area contributed by atoms with Gasteiger partial charge in [0.05, 0.1) is 0 Å². The van der Waals surface area contributed by atoms with E-state index in [1.807, 2.05) is 12.1 Å². The molecule has 3 atom stereocenters. The molecule has 1 aliphatic carbocycles. The van der Waals surface area contributed by atoms with Gasteiger partial charge in [-0.3, -0.25) is 4.79 Å². The maximum Gasteiger partial charge on any atom is 0.194 e. The number of nitrogen functional groups attached to an aromatic ring is 1. The fraction of sp³-hybridized carbons (Fsp3) is 0.350. The fourth-order valence-corrected chi connectivity index (χ4v) is 4.71. The third-order valence-corrected chi connectivity index (χ3v) is 5.85. The van der Waals surface area contributed by atoms with Gasteiger partial charge in [-0.15, -0.1) is 0 Å². The fourth-order valence-electron chi connectivity index (χ4n) is 4.71. The van der Waals surface area contributed by atoms with Gasteiger partial charge in [-0.1, -0.05) is 18.2 Å². The van der Waals surface area contributed by atoms with Gasteiger partial charge in [0.1, 0.15) is 0 Å². The van der Waals surface area contributed by atoms with Crippen LogP contribution in [-0.4, -0.2) is 36.9 Å². The van der Waals surface area contributed by atoms with Crippen molar-refractivity contribution in [1.82, 2.24) is 10.2 Å². The van der Waals surface area contributed by atoms with Gasteiger partial charge in [0, 0.05) is 42.0 Å². The van der Waals surface area contributed by atoms with Gasteiger partial charge in [-0.05, 0) is 54.3 Å². The first kappa shape index (κ1) is 14.2. The summed E-state index contributed by atoms with van der Waals surface area (Å²) in [5.74, 6) is 0.827. The SMILES string of the molecule is CN1CC2CC(c3ccc4c(c3)C(=O)c3cc(N)ccc3-4)NC2C1. The smallest absolute Gasteiger partial charge is 0.194 e. The first-order chi connectivity index (χ1) is 11.6. The molecule has 2 heterocycles. The van der Waals surface area contributed by atoms with Crippen LogP contribution < -0.4 is 11.1 Å². The highest BCUT2D eigenvalue weighted by Gasteiger charge is 2.40. The average Bonchev–Trinajstić information content (AvgIpc) is 3.18. The quantitative estimate of drug-likeness (QED) is 0.677. The number of carbonyl (C=O) groups excluding carboxylic acids is 1. The molecule has 0 aromatic heterocycles. The second-order valence-electron chi connectivity index (χ2n) is 7.48. The summed E-state index contributed by atoms with van der Waals surface area (Å²) < 4.78 is 0. The molecule has 3 unspecified atom stereocenters. The lowest BCUT2D eigenvalue weighted by Crippen LogP contribution is -2.30. The van der Waals surface area contributed by atoms with Gasteiger partial charge in [-0.25, -0.2) is 0 Å². The lowest BCUT2D eigenvalue weighted by atomic mass is 9.95. The Kier molecular flexibility index (Phi) is 2.91. The molecular weight excluding hydrogens is 298 g/mol. The summed E-state index contributed by atoms with van der Waals surface area (Å²) in [6.45, 7) is 2.29. The van der Waals surface area contributed by atoms with Gasteiger partial charge in [0.15, 0.2) is 5.78 Å². The largest absolute Gasteiger partial charge is 0.399 e. The average molecular weight is 319 g/mol. The standard InChI is InChI=1S/C20H21N3O/c1-23-9-12-7-18(22-19(12)10-23)11-2-4-14-15-5-3-13(21)8-17(15)20(24)16(14)6-11/h2-6,8,12,18-19,22H,7,9-10,21H2,1H3. The van der Waals surface area contributed by atoms with E-state index in [-0.39, 0.29) is 5.78 Å². The number of benzene rings is 2. The molecule has 2 fully saturated rings. The highest BCUT2D eigenvalue weighted by atomic mass is 16.1. The Morgan fingerprint density at radius 1 is 1.04 bits per heavy atom. The molecule has 4 nitrogen and oxygen atoms in total. The van der Waals surface area contributed by atoms with Crippen molar-refractivity contribution in [1.29, 1.82) is 0 Å². The Morgan fingerprint density at radius 2 is 1.79 bits per heavy atom. The normalized spacial score (nSPS) is 28.0. The second kappa shape index (κ2) is 4.91. The molecule has 2 saturated heterocycles. The summed E-state index contributed by atoms with van der Waals surface area (Å²) in [5, 5.41) is 3.76. The van der Waals surface area contributed by atoms with E-state index in [1.165, 1.54) is 12.1 Å². The third kappa shape index (κ3) is 1.96. The molecule has 0 spiro atoms. The summed E-state index contributed by atoms with van der Waals surface area (Å²) in [5.41, 5.74) is 11.3. The molecule has 24 heavy (non-hydrogen) atoms. The maximum absolute atomic E-state index is 12.8. The lowest BCUT2D eigenvalue weighted by molar-refractivity contribution is 0.104. The van der Waals surface area contributed by atoms with Crippen LogP contribution in [0.25, 0.3) is 11.1 Å². The van der Waals surface area contributed by atoms with Crippen molar-refractivity contribution in [2.75, 3.05) is 25.9 Å². The molecule has 0 radical (unpaired) electrons. The molecule has 2 aromatic carbocycles. The Morgan fingerprint density at radius 3 is 2.58 bits per heavy atom. The van der Waals surface area contributed by atoms with Crippen LogP contribution in [0.2, 0.25) is 0 Å². The molecule has 0 saturated carbocycles. The minimum absolute atomic E-state index is 0.104. The van der Waals surface area contributed by atoms with E-state index in [1.54, 1.807) is 6.07 Å². The first-order valence-electron chi connectivity index (χ1n) is 8.63. The van der Waals surface area contributed by atoms with Crippen LogP contribution >= 0.6 is 0 Å². The van der Waals surface area contributed by atoms with E-state index in [0.29, 0.717) is 17.8 Å². The van der Waals surface area contributed by atoms with E-state index >= 15 is 0 Å². The van der Waals surface area contributed by atoms with Crippen molar-refractivity contribution < 1.29 is 4.79 Å². The minimum atomic E-state index is 0.104. The molecule has 122 valence electrons. The van der Waals surface area contributed by atoms with E-state index in [4.69, 9.17) is 5.73 Å². The van der Waals surface area contributed by atoms with E-state index in [9.17, 15) is 4.79 Å². The molecule has 2 aliphatic heterocycles. The number of rotatable bonds is 1. The Balaban J connectivity index is 1.48. The number of nitrogens with zero attached hydrogens (tertiary/aromatic N) is 1. The van der Waals surface area contributed by atoms with E-state index in [2.05, 4.69) is 35.5 Å². The van der Waals surface area contributed by atoms with Gasteiger partial charge < -0.3 is 16.0 Å². The number of ketones is 1. The minimum Gasteiger partial charge on any atom is -0.399 e. The van der Waals surface area contributed by atoms with Crippen LogP contribution in [0.15, 0.2) is 36.4 Å². The number of hydrogen-bond donors (Lipinski definition) is 2. The van der Waals surface area contributed by atoms with Crippen molar-refractivity contribution in [3.63, 3.8) is 0 Å². The zero-order valence-electron chi connectivity index (χ0n) is 13.8. The summed E-state index contributed by atoms with van der Waals surface area (Å²) >= 11 is 0. The summed E-state index contributed by atoms with van der Waals surface area (Å²) in [6, 6.07) is 12.9. The molecule has 3 N–H and O–H groups in total. The molecule has 0 amide bonds. The molecule has 0 bridgehead atoms. The highest BCUT2D eigenvalue weighted by Crippen LogP contribution is 2.41. The van der Waals surface area contributed by atoms with Crippen LogP contribution in [0.1, 0.15) is 33.9 Å². The molecular formula is C20H21N3O. The number of fused-ring (bicyclic) bond motifs is 4. The van der Waals surface area contributed by atoms with Crippen LogP contribution in [0, 0.1) is 5.92 Å². The number of nitrogens with two attached hydrogens (primary N) is 1. The molecule has 4 heteroatoms. The van der Waals surface area contributed by atoms with Gasteiger partial charge in [0.25, 0.3) is 0 Å². The monoisotopic (exact) mass is 319 g/mol. The predicted octanol–water partition coefficient (Wildman–Crippen LogP) is 2.44. The van der Waals surface area contributed by atoms with Gasteiger partial charge in [0.2, 0.25) is 0 Å². The zero-order valence-corrected chi connectivity index (χ0v) is 13.8. The number of likely N-dealkylation sites (N-methyl/N-ethyl adjacent to an activating group) is 1. The first-order valence-corrected chi connectivity index (χ1v) is 8.63. The Hall–Kier alpha value is -2.17. The highest BCUT2D eigenvalue weighted by molar-refractivity contribution is 6.22. The van der Waals surface area contributed by atoms with Crippen LogP contribution in [-0.2, 0) is 0 Å². The number of nitrogens with one attached hydrogen (secondary N) is 1. The predicted molar refractivity (Wildman–Crippen MR) is 95.0 cm³/mol. The number of hydrogen-bond acceptors (Lipinski definition) is 4. The zero-order chi connectivity index (χ0) is 16.4. The lowest BCUT2D eigenvalue weighted by Gasteiger charge is -2.17. The summed E-state index contributed by atoms with van der Waals surface area (Å²) in [6.07, 6.45) is 1.15. The molecule has 5 rings (SSSR count). The van der Waals surface area contributed by atoms with Crippen LogP contribution in [0.3, 0.4) is 0 Å². The maximum atomic E-state index is 12.8. The van der Waals surface area contributed by atoms with Crippen molar-refractivity contribution in [2.24, 2.45) is 5.92 Å². The summed E-state index contributed by atoms with van der Waals surface area (Å²) in [4.78, 5) is 15.2. The van der Waals surface area contributed by atoms with Gasteiger partial charge >= 0.3 is 0 Å². The molecule has 2 aromatic rings. The van der Waals surface area contributed by atoms with E-state index in [0.717, 1.165) is 41.1 Å². The number of carbonyl (C=O) groups is 1. The Bertz CT molecular complexity index is 846. The summed E-state index contributed by atoms with van der Waals surface area (Å²) in [7, 11) is 2.19. The van der Waals surface area contributed by atoms with Crippen molar-refractivity contribution >= 4 is 11.5 Å². The topological polar surface area (TPSA) is 58.4 Å². The van der Waals surface area contributed by atoms with Crippen molar-refractivity contribution in [3.05, 3.63) is 53.1 Å². The second-order valence-corrected chi connectivity index (χ2v) is 7.48. The van der Waals surface area contributed by atoms with E-state index < -0.39 is 0 Å². The van der Waals surface area contributed by atoms with Crippen LogP contribution in [0.4, 0.5) is 5.69 Å². The van der Waals surface area contributed by atoms with Crippen LogP contribution in [0.5, 0.6) is 0 Å². The third-order valence-electron chi connectivity index (χ3n) is 5.85. The molecule has 3 aliphatic rings. The van der Waals surface area contributed by atoms with Crippen molar-refractivity contribution in [2.45, 2.75) is 18.5 Å².